The summed E-state index contributed by atoms with van der Waals surface area (Å²) >= 11 is 0. The highest BCUT2D eigenvalue weighted by Gasteiger charge is 2.37. The summed E-state index contributed by atoms with van der Waals surface area (Å²) < 4.78 is 17.9. The molecular formula is C19H26FN3O4. The van der Waals surface area contributed by atoms with Gasteiger partial charge in [-0.2, -0.15) is 0 Å². The van der Waals surface area contributed by atoms with Crippen LogP contribution in [0.2, 0.25) is 0 Å². The van der Waals surface area contributed by atoms with Crippen molar-refractivity contribution in [1.29, 1.82) is 0 Å². The fourth-order valence-corrected chi connectivity index (χ4v) is 2.71. The standard InChI is InChI=1S/C19H26FN3O4/c1-4-27-18(26)23-11-9-15(10-12-23)22-17(25)19(2,3)16(24)21-14-7-5-13(20)6-8-14/h5-8,15H,4,9-12H2,1-3H3,(H,21,24)(H,22,25). The Bertz CT molecular complexity index is 683. The maximum absolute atomic E-state index is 13.0. The number of nitrogens with zero attached hydrogens (tertiary/aromatic N) is 1. The summed E-state index contributed by atoms with van der Waals surface area (Å²) in [5, 5.41) is 5.52. The number of amides is 3. The molecule has 27 heavy (non-hydrogen) atoms. The van der Waals surface area contributed by atoms with Crippen molar-refractivity contribution < 1.29 is 23.5 Å². The van der Waals surface area contributed by atoms with Crippen molar-refractivity contribution in [3.8, 4) is 0 Å². The highest BCUT2D eigenvalue weighted by molar-refractivity contribution is 6.09. The fraction of sp³-hybridized carbons (Fsp3) is 0.526. The molecule has 1 heterocycles. The van der Waals surface area contributed by atoms with Gasteiger partial charge in [-0.3, -0.25) is 9.59 Å². The van der Waals surface area contributed by atoms with Crippen molar-refractivity contribution in [3.63, 3.8) is 0 Å². The molecule has 0 unspecified atom stereocenters. The van der Waals surface area contributed by atoms with E-state index in [1.165, 1.54) is 38.1 Å². The predicted octanol–water partition coefficient (Wildman–Crippen LogP) is 2.53. The molecule has 0 spiro atoms. The van der Waals surface area contributed by atoms with Gasteiger partial charge in [0.15, 0.2) is 0 Å². The second kappa shape index (κ2) is 8.83. The molecule has 0 aliphatic carbocycles. The maximum atomic E-state index is 13.0. The Hall–Kier alpha value is -2.64. The molecule has 3 amide bonds. The van der Waals surface area contributed by atoms with Gasteiger partial charge in [-0.15, -0.1) is 0 Å². The van der Waals surface area contributed by atoms with Crippen LogP contribution in [0.15, 0.2) is 24.3 Å². The minimum absolute atomic E-state index is 0.110. The number of halogens is 1. The first kappa shape index (κ1) is 20.7. The third-order valence-corrected chi connectivity index (χ3v) is 4.59. The van der Waals surface area contributed by atoms with E-state index in [1.54, 1.807) is 11.8 Å². The molecule has 7 nitrogen and oxygen atoms in total. The molecule has 2 N–H and O–H groups in total. The number of rotatable bonds is 5. The van der Waals surface area contributed by atoms with Gasteiger partial charge in [0.1, 0.15) is 11.2 Å². The Morgan fingerprint density at radius 1 is 1.15 bits per heavy atom. The zero-order valence-corrected chi connectivity index (χ0v) is 15.9. The molecule has 0 bridgehead atoms. The molecule has 1 aromatic rings. The van der Waals surface area contributed by atoms with Gasteiger partial charge in [-0.1, -0.05) is 0 Å². The monoisotopic (exact) mass is 379 g/mol. The lowest BCUT2D eigenvalue weighted by Gasteiger charge is -2.33. The average molecular weight is 379 g/mol. The Balaban J connectivity index is 1.87. The van der Waals surface area contributed by atoms with Crippen LogP contribution in [0.3, 0.4) is 0 Å². The van der Waals surface area contributed by atoms with Crippen LogP contribution in [-0.4, -0.2) is 48.5 Å². The van der Waals surface area contributed by atoms with Gasteiger partial charge >= 0.3 is 6.09 Å². The van der Waals surface area contributed by atoms with Crippen molar-refractivity contribution >= 4 is 23.6 Å². The first-order valence-electron chi connectivity index (χ1n) is 9.03. The number of hydrogen-bond acceptors (Lipinski definition) is 4. The van der Waals surface area contributed by atoms with Crippen LogP contribution < -0.4 is 10.6 Å². The van der Waals surface area contributed by atoms with Crippen molar-refractivity contribution in [2.75, 3.05) is 25.0 Å². The zero-order valence-electron chi connectivity index (χ0n) is 15.9. The van der Waals surface area contributed by atoms with E-state index in [1.807, 2.05) is 0 Å². The van der Waals surface area contributed by atoms with E-state index in [4.69, 9.17) is 4.74 Å². The molecule has 1 saturated heterocycles. The summed E-state index contributed by atoms with van der Waals surface area (Å²) in [6, 6.07) is 5.24. The molecule has 0 radical (unpaired) electrons. The molecule has 1 fully saturated rings. The van der Waals surface area contributed by atoms with Crippen molar-refractivity contribution in [2.24, 2.45) is 5.41 Å². The van der Waals surface area contributed by atoms with Crippen LogP contribution in [0.5, 0.6) is 0 Å². The Morgan fingerprint density at radius 3 is 2.30 bits per heavy atom. The minimum atomic E-state index is -1.30. The number of carbonyl (C=O) groups is 3. The topological polar surface area (TPSA) is 87.7 Å². The van der Waals surface area contributed by atoms with E-state index in [0.29, 0.717) is 38.2 Å². The van der Waals surface area contributed by atoms with Crippen LogP contribution in [0.25, 0.3) is 0 Å². The molecule has 1 aliphatic heterocycles. The maximum Gasteiger partial charge on any atom is 0.409 e. The molecule has 0 saturated carbocycles. The lowest BCUT2D eigenvalue weighted by molar-refractivity contribution is -0.139. The Labute approximate surface area is 158 Å². The van der Waals surface area contributed by atoms with Gasteiger partial charge in [-0.25, -0.2) is 9.18 Å². The Kier molecular flexibility index (Phi) is 6.76. The van der Waals surface area contributed by atoms with E-state index >= 15 is 0 Å². The van der Waals surface area contributed by atoms with Crippen molar-refractivity contribution in [2.45, 2.75) is 39.7 Å². The number of carbonyl (C=O) groups excluding carboxylic acids is 3. The quantitative estimate of drug-likeness (QED) is 0.770. The van der Waals surface area contributed by atoms with Crippen LogP contribution >= 0.6 is 0 Å². The van der Waals surface area contributed by atoms with Gasteiger partial charge in [0.2, 0.25) is 11.8 Å². The van der Waals surface area contributed by atoms with Crippen molar-refractivity contribution in [3.05, 3.63) is 30.1 Å². The van der Waals surface area contributed by atoms with Gasteiger partial charge in [0.05, 0.1) is 6.61 Å². The number of hydrogen-bond donors (Lipinski definition) is 2. The van der Waals surface area contributed by atoms with Gasteiger partial charge in [0, 0.05) is 24.8 Å². The highest BCUT2D eigenvalue weighted by atomic mass is 19.1. The molecule has 1 aliphatic rings. The van der Waals surface area contributed by atoms with Crippen LogP contribution in [0.1, 0.15) is 33.6 Å². The first-order chi connectivity index (χ1) is 12.7. The van der Waals surface area contributed by atoms with Gasteiger partial charge in [0.25, 0.3) is 0 Å². The normalized spacial score (nSPS) is 15.2. The summed E-state index contributed by atoms with van der Waals surface area (Å²) in [5.41, 5.74) is -0.878. The molecule has 2 rings (SSSR count). The van der Waals surface area contributed by atoms with Crippen LogP contribution in [0.4, 0.5) is 14.9 Å². The lowest BCUT2D eigenvalue weighted by atomic mass is 9.90. The summed E-state index contributed by atoms with van der Waals surface area (Å²) in [7, 11) is 0. The number of piperidine rings is 1. The summed E-state index contributed by atoms with van der Waals surface area (Å²) in [6.45, 7) is 6.14. The third-order valence-electron chi connectivity index (χ3n) is 4.59. The first-order valence-corrected chi connectivity index (χ1v) is 9.03. The fourth-order valence-electron chi connectivity index (χ4n) is 2.71. The number of ether oxygens (including phenoxy) is 1. The van der Waals surface area contributed by atoms with Crippen LogP contribution in [0, 0.1) is 11.2 Å². The average Bonchev–Trinajstić information content (AvgIpc) is 2.64. The highest BCUT2D eigenvalue weighted by Crippen LogP contribution is 2.21. The third kappa shape index (κ3) is 5.42. The second-order valence-electron chi connectivity index (χ2n) is 7.02. The largest absolute Gasteiger partial charge is 0.450 e. The van der Waals surface area contributed by atoms with E-state index in [0.717, 1.165) is 0 Å². The zero-order chi connectivity index (χ0) is 20.0. The summed E-state index contributed by atoms with van der Waals surface area (Å²) in [5.74, 6) is -1.27. The van der Waals surface area contributed by atoms with E-state index < -0.39 is 23.0 Å². The smallest absolute Gasteiger partial charge is 0.409 e. The number of anilines is 1. The number of benzene rings is 1. The molecule has 1 aromatic carbocycles. The van der Waals surface area contributed by atoms with E-state index in [-0.39, 0.29) is 12.1 Å². The minimum Gasteiger partial charge on any atom is -0.450 e. The molecule has 0 aromatic heterocycles. The van der Waals surface area contributed by atoms with Gasteiger partial charge in [-0.05, 0) is 57.9 Å². The van der Waals surface area contributed by atoms with Crippen LogP contribution in [-0.2, 0) is 14.3 Å². The number of nitrogens with one attached hydrogen (secondary N) is 2. The molecule has 0 atom stereocenters. The Morgan fingerprint density at radius 2 is 1.74 bits per heavy atom. The SMILES string of the molecule is CCOC(=O)N1CCC(NC(=O)C(C)(C)C(=O)Nc2ccc(F)cc2)CC1. The van der Waals surface area contributed by atoms with Gasteiger partial charge < -0.3 is 20.3 Å². The summed E-state index contributed by atoms with van der Waals surface area (Å²) in [4.78, 5) is 38.4. The van der Waals surface area contributed by atoms with E-state index in [9.17, 15) is 18.8 Å². The second-order valence-corrected chi connectivity index (χ2v) is 7.02. The number of likely N-dealkylation sites (tertiary alicyclic amines) is 1. The van der Waals surface area contributed by atoms with Crippen molar-refractivity contribution in [1.82, 2.24) is 10.2 Å². The van der Waals surface area contributed by atoms with E-state index in [2.05, 4.69) is 10.6 Å². The molecule has 8 heteroatoms. The summed E-state index contributed by atoms with van der Waals surface area (Å²) in [6.07, 6.45) is 0.849. The molecular weight excluding hydrogens is 353 g/mol. The predicted molar refractivity (Wildman–Crippen MR) is 98.6 cm³/mol. The molecule has 148 valence electrons. The lowest BCUT2D eigenvalue weighted by Crippen LogP contribution is -2.52.